The molecule has 0 aromatic heterocycles. The standard InChI is InChI=1S/C10H23ClN2O2S/c1-9(2)13(4)6-5-12-16(14,15)8-10(3)7-11/h9-10,12H,5-8H2,1-4H3. The Hall–Kier alpha value is 0.160. The molecule has 0 heterocycles. The Kier molecular flexibility index (Phi) is 7.55. The molecule has 0 rings (SSSR count). The topological polar surface area (TPSA) is 49.4 Å². The van der Waals surface area contributed by atoms with Crippen LogP contribution in [-0.2, 0) is 10.0 Å². The number of likely N-dealkylation sites (N-methyl/N-ethyl adjacent to an activating group) is 1. The van der Waals surface area contributed by atoms with E-state index >= 15 is 0 Å². The van der Waals surface area contributed by atoms with Gasteiger partial charge in [0.05, 0.1) is 5.75 Å². The van der Waals surface area contributed by atoms with Crippen LogP contribution >= 0.6 is 11.6 Å². The molecule has 1 atom stereocenters. The van der Waals surface area contributed by atoms with Crippen LogP contribution in [-0.4, -0.2) is 51.1 Å². The Morgan fingerprint density at radius 1 is 1.31 bits per heavy atom. The van der Waals surface area contributed by atoms with Crippen molar-refractivity contribution >= 4 is 21.6 Å². The Morgan fingerprint density at radius 2 is 1.88 bits per heavy atom. The minimum Gasteiger partial charge on any atom is -0.303 e. The van der Waals surface area contributed by atoms with Crippen molar-refractivity contribution in [2.75, 3.05) is 31.8 Å². The van der Waals surface area contributed by atoms with Crippen molar-refractivity contribution < 1.29 is 8.42 Å². The van der Waals surface area contributed by atoms with E-state index in [1.165, 1.54) is 0 Å². The Balaban J connectivity index is 3.92. The monoisotopic (exact) mass is 270 g/mol. The number of hydrogen-bond acceptors (Lipinski definition) is 3. The van der Waals surface area contributed by atoms with Crippen LogP contribution in [0.3, 0.4) is 0 Å². The molecule has 1 unspecified atom stereocenters. The molecule has 0 amide bonds. The second-order valence-corrected chi connectivity index (χ2v) is 6.67. The van der Waals surface area contributed by atoms with Crippen molar-refractivity contribution in [3.8, 4) is 0 Å². The van der Waals surface area contributed by atoms with E-state index in [0.717, 1.165) is 0 Å². The van der Waals surface area contributed by atoms with Crippen LogP contribution in [0.2, 0.25) is 0 Å². The number of nitrogens with one attached hydrogen (secondary N) is 1. The molecule has 98 valence electrons. The molecule has 0 aliphatic carbocycles. The molecule has 0 spiro atoms. The predicted molar refractivity (Wildman–Crippen MR) is 69.4 cm³/mol. The zero-order chi connectivity index (χ0) is 12.8. The molecule has 0 aromatic rings. The normalized spacial score (nSPS) is 14.7. The smallest absolute Gasteiger partial charge is 0.211 e. The van der Waals surface area contributed by atoms with E-state index in [1.807, 2.05) is 14.0 Å². The second-order valence-electron chi connectivity index (χ2n) is 4.51. The molecule has 16 heavy (non-hydrogen) atoms. The van der Waals surface area contributed by atoms with Gasteiger partial charge in [-0.1, -0.05) is 6.92 Å². The molecule has 1 N–H and O–H groups in total. The Bertz CT molecular complexity index is 281. The highest BCUT2D eigenvalue weighted by Gasteiger charge is 2.14. The van der Waals surface area contributed by atoms with Gasteiger partial charge in [0.1, 0.15) is 0 Å². The fourth-order valence-electron chi connectivity index (χ4n) is 1.11. The Morgan fingerprint density at radius 3 is 2.31 bits per heavy atom. The van der Waals surface area contributed by atoms with Crippen LogP contribution in [0, 0.1) is 5.92 Å². The lowest BCUT2D eigenvalue weighted by atomic mass is 10.3. The molecule has 0 saturated carbocycles. The highest BCUT2D eigenvalue weighted by Crippen LogP contribution is 2.01. The maximum Gasteiger partial charge on any atom is 0.211 e. The summed E-state index contributed by atoms with van der Waals surface area (Å²) < 4.78 is 25.7. The van der Waals surface area contributed by atoms with E-state index in [-0.39, 0.29) is 11.7 Å². The van der Waals surface area contributed by atoms with Crippen molar-refractivity contribution in [3.63, 3.8) is 0 Å². The van der Waals surface area contributed by atoms with Gasteiger partial charge >= 0.3 is 0 Å². The third kappa shape index (κ3) is 7.44. The summed E-state index contributed by atoms with van der Waals surface area (Å²) in [6.07, 6.45) is 0. The van der Waals surface area contributed by atoms with Gasteiger partial charge in [0.2, 0.25) is 10.0 Å². The average molecular weight is 271 g/mol. The summed E-state index contributed by atoms with van der Waals surface area (Å²) in [6.45, 7) is 7.14. The summed E-state index contributed by atoms with van der Waals surface area (Å²) in [5.41, 5.74) is 0. The summed E-state index contributed by atoms with van der Waals surface area (Å²) in [5.74, 6) is 0.455. The van der Waals surface area contributed by atoms with E-state index < -0.39 is 10.0 Å². The molecular formula is C10H23ClN2O2S. The molecule has 4 nitrogen and oxygen atoms in total. The van der Waals surface area contributed by atoms with E-state index in [0.29, 0.717) is 25.0 Å². The third-order valence-electron chi connectivity index (χ3n) is 2.44. The molecule has 0 aliphatic heterocycles. The van der Waals surface area contributed by atoms with Gasteiger partial charge in [-0.15, -0.1) is 11.6 Å². The maximum atomic E-state index is 11.6. The quantitative estimate of drug-likeness (QED) is 0.673. The zero-order valence-electron chi connectivity index (χ0n) is 10.5. The number of nitrogens with zero attached hydrogens (tertiary/aromatic N) is 1. The SMILES string of the molecule is CC(CCl)CS(=O)(=O)NCCN(C)C(C)C. The van der Waals surface area contributed by atoms with Crippen molar-refractivity contribution in [3.05, 3.63) is 0 Å². The van der Waals surface area contributed by atoms with E-state index in [4.69, 9.17) is 11.6 Å². The van der Waals surface area contributed by atoms with Crippen molar-refractivity contribution in [2.24, 2.45) is 5.92 Å². The minimum absolute atomic E-state index is 0.0120. The van der Waals surface area contributed by atoms with Gasteiger partial charge in [0, 0.05) is 25.0 Å². The molecule has 0 aromatic carbocycles. The van der Waals surface area contributed by atoms with Crippen LogP contribution in [0.15, 0.2) is 0 Å². The van der Waals surface area contributed by atoms with E-state index in [9.17, 15) is 8.42 Å². The first-order valence-corrected chi connectivity index (χ1v) is 7.70. The minimum atomic E-state index is -3.18. The largest absolute Gasteiger partial charge is 0.303 e. The third-order valence-corrected chi connectivity index (χ3v) is 4.61. The van der Waals surface area contributed by atoms with Crippen LogP contribution < -0.4 is 4.72 Å². The lowest BCUT2D eigenvalue weighted by Gasteiger charge is -2.21. The van der Waals surface area contributed by atoms with Crippen LogP contribution in [0.4, 0.5) is 0 Å². The van der Waals surface area contributed by atoms with E-state index in [2.05, 4.69) is 23.5 Å². The molecule has 0 aliphatic rings. The Labute approximate surface area is 104 Å². The van der Waals surface area contributed by atoms with Gasteiger partial charge in [0.15, 0.2) is 0 Å². The van der Waals surface area contributed by atoms with Gasteiger partial charge < -0.3 is 4.90 Å². The highest BCUT2D eigenvalue weighted by atomic mass is 35.5. The van der Waals surface area contributed by atoms with Gasteiger partial charge in [-0.2, -0.15) is 0 Å². The fraction of sp³-hybridized carbons (Fsp3) is 1.00. The average Bonchev–Trinajstić information content (AvgIpc) is 2.16. The second kappa shape index (κ2) is 7.48. The number of rotatable bonds is 8. The zero-order valence-corrected chi connectivity index (χ0v) is 12.1. The summed E-state index contributed by atoms with van der Waals surface area (Å²) in [4.78, 5) is 2.09. The van der Waals surface area contributed by atoms with E-state index in [1.54, 1.807) is 0 Å². The first-order chi connectivity index (χ1) is 7.28. The van der Waals surface area contributed by atoms with Crippen LogP contribution in [0.1, 0.15) is 20.8 Å². The number of halogens is 1. The summed E-state index contributed by atoms with van der Waals surface area (Å²) >= 11 is 5.58. The van der Waals surface area contributed by atoms with Crippen molar-refractivity contribution in [1.29, 1.82) is 0 Å². The number of hydrogen-bond donors (Lipinski definition) is 1. The summed E-state index contributed by atoms with van der Waals surface area (Å²) in [6, 6.07) is 0.422. The molecule has 6 heteroatoms. The molecule has 0 radical (unpaired) electrons. The molecule has 0 saturated heterocycles. The van der Waals surface area contributed by atoms with Crippen molar-refractivity contribution in [1.82, 2.24) is 9.62 Å². The van der Waals surface area contributed by atoms with Gasteiger partial charge in [0.25, 0.3) is 0 Å². The number of sulfonamides is 1. The number of alkyl halides is 1. The van der Waals surface area contributed by atoms with Crippen LogP contribution in [0.5, 0.6) is 0 Å². The molecule has 0 bridgehead atoms. The van der Waals surface area contributed by atoms with Gasteiger partial charge in [-0.3, -0.25) is 0 Å². The molecule has 0 fully saturated rings. The van der Waals surface area contributed by atoms with Crippen molar-refractivity contribution in [2.45, 2.75) is 26.8 Å². The first kappa shape index (κ1) is 16.2. The van der Waals surface area contributed by atoms with Gasteiger partial charge in [-0.05, 0) is 26.8 Å². The fourth-order valence-corrected chi connectivity index (χ4v) is 2.74. The lowest BCUT2D eigenvalue weighted by Crippen LogP contribution is -2.37. The van der Waals surface area contributed by atoms with Gasteiger partial charge in [-0.25, -0.2) is 13.1 Å². The van der Waals surface area contributed by atoms with Crippen LogP contribution in [0.25, 0.3) is 0 Å². The molecular weight excluding hydrogens is 248 g/mol. The lowest BCUT2D eigenvalue weighted by molar-refractivity contribution is 0.278. The summed E-state index contributed by atoms with van der Waals surface area (Å²) in [5, 5.41) is 0. The maximum absolute atomic E-state index is 11.6. The first-order valence-electron chi connectivity index (χ1n) is 5.52. The highest BCUT2D eigenvalue weighted by molar-refractivity contribution is 7.89. The summed E-state index contributed by atoms with van der Waals surface area (Å²) in [7, 11) is -1.20. The predicted octanol–water partition coefficient (Wildman–Crippen LogP) is 1.12.